The van der Waals surface area contributed by atoms with Crippen LogP contribution in [-0.2, 0) is 31.0 Å². The lowest BCUT2D eigenvalue weighted by Gasteiger charge is -2.33. The highest BCUT2D eigenvalue weighted by atomic mass is 35.5. The van der Waals surface area contributed by atoms with E-state index in [-0.39, 0.29) is 77.7 Å². The molecule has 2 saturated carbocycles. The summed E-state index contributed by atoms with van der Waals surface area (Å²) in [6, 6.07) is 11.8. The molecule has 2 aliphatic carbocycles. The smallest absolute Gasteiger partial charge is 0.277 e. The molecule has 0 atom stereocenters. The third kappa shape index (κ3) is 11.1. The van der Waals surface area contributed by atoms with Crippen LogP contribution in [0.4, 0.5) is 11.6 Å². The number of nitrogens with one attached hydrogen (secondary N) is 4. The van der Waals surface area contributed by atoms with Crippen molar-refractivity contribution < 1.29 is 28.5 Å². The van der Waals surface area contributed by atoms with E-state index >= 15 is 0 Å². The van der Waals surface area contributed by atoms with Crippen molar-refractivity contribution in [2.24, 2.45) is 0 Å². The summed E-state index contributed by atoms with van der Waals surface area (Å²) in [5.74, 6) is -0.538. The van der Waals surface area contributed by atoms with Crippen LogP contribution < -0.4 is 42.0 Å². The summed E-state index contributed by atoms with van der Waals surface area (Å²) in [5, 5.41) is 12.1. The Kier molecular flexibility index (Phi) is 15.3. The number of aryl methyl sites for hydroxylation is 2. The van der Waals surface area contributed by atoms with E-state index < -0.39 is 5.91 Å². The van der Waals surface area contributed by atoms with Crippen molar-refractivity contribution in [1.82, 2.24) is 45.6 Å². The number of aromatic nitrogens is 4. The molecule has 4 aromatic rings. The van der Waals surface area contributed by atoms with E-state index in [1.54, 1.807) is 18.2 Å². The molecule has 0 unspecified atom stereocenters. The van der Waals surface area contributed by atoms with Crippen LogP contribution in [0, 0.1) is 0 Å². The van der Waals surface area contributed by atoms with Gasteiger partial charge < -0.3 is 47.3 Å². The molecule has 2 aliphatic rings. The van der Waals surface area contributed by atoms with Gasteiger partial charge in [0.2, 0.25) is 0 Å². The van der Waals surface area contributed by atoms with E-state index in [1.807, 2.05) is 32.0 Å². The van der Waals surface area contributed by atoms with Gasteiger partial charge >= 0.3 is 0 Å². The molecule has 0 spiro atoms. The van der Waals surface area contributed by atoms with Crippen molar-refractivity contribution in [2.75, 3.05) is 46.3 Å². The summed E-state index contributed by atoms with van der Waals surface area (Å²) < 4.78 is 10.2. The van der Waals surface area contributed by atoms with Crippen molar-refractivity contribution in [3.63, 3.8) is 0 Å². The van der Waals surface area contributed by atoms with Crippen LogP contribution in [0.3, 0.4) is 0 Å². The fourth-order valence-corrected chi connectivity index (χ4v) is 8.78. The van der Waals surface area contributed by atoms with Crippen molar-refractivity contribution in [3.8, 4) is 5.75 Å². The summed E-state index contributed by atoms with van der Waals surface area (Å²) in [6.45, 7) is 5.36. The van der Waals surface area contributed by atoms with E-state index in [4.69, 9.17) is 27.8 Å². The first-order valence-electron chi connectivity index (χ1n) is 21.5. The van der Waals surface area contributed by atoms with Gasteiger partial charge in [-0.2, -0.15) is 0 Å². The Morgan fingerprint density at radius 3 is 1.89 bits per heavy atom. The van der Waals surface area contributed by atoms with Crippen LogP contribution in [0.15, 0.2) is 36.4 Å². The highest BCUT2D eigenvalue weighted by Gasteiger charge is 2.28. The number of imidazole rings is 1. The van der Waals surface area contributed by atoms with Gasteiger partial charge in [-0.3, -0.25) is 19.2 Å². The molecule has 17 nitrogen and oxygen atoms in total. The number of hydrogen-bond donors (Lipinski definition) is 6. The zero-order chi connectivity index (χ0) is 44.7. The fourth-order valence-electron chi connectivity index (χ4n) is 8.65. The lowest BCUT2D eigenvalue weighted by molar-refractivity contribution is -0.676. The van der Waals surface area contributed by atoms with E-state index in [2.05, 4.69) is 78.4 Å². The summed E-state index contributed by atoms with van der Waals surface area (Å²) in [5.41, 5.74) is 14.8. The van der Waals surface area contributed by atoms with Gasteiger partial charge in [0, 0.05) is 41.8 Å². The minimum Gasteiger partial charge on any atom is -0.484 e. The quantitative estimate of drug-likeness (QED) is 0.0897. The number of nitrogen functional groups attached to an aromatic ring is 2. The third-order valence-electron chi connectivity index (χ3n) is 12.2. The Bertz CT molecular complexity index is 2200. The Hall–Kier alpha value is -5.52. The predicted molar refractivity (Wildman–Crippen MR) is 239 cm³/mol. The highest BCUT2D eigenvalue weighted by molar-refractivity contribution is 6.31. The molecule has 62 heavy (non-hydrogen) atoms. The zero-order valence-electron chi connectivity index (χ0n) is 36.7. The molecule has 0 radical (unpaired) electrons. The first kappa shape index (κ1) is 46.0. The van der Waals surface area contributed by atoms with E-state index in [9.17, 15) is 19.2 Å². The first-order chi connectivity index (χ1) is 29.6. The van der Waals surface area contributed by atoms with Crippen LogP contribution in [0.25, 0.3) is 11.0 Å². The molecular formula is C44H62ClN12O5+. The highest BCUT2D eigenvalue weighted by Crippen LogP contribution is 2.26. The molecule has 4 amide bonds. The standard InChI is InChI=1S/C44H61ClN12O5/c1-7-56-34-18-9-26(19-35(34)57(8-2)37(56)24-49-44(61)38-40(46)53-41(47)39(45)52-38)23-48-36(58)25-62-33-21-27(42(59)50-29-10-14-31(15-11-29)54(3)4)20-28(22-33)43(60)51-30-12-16-32(17-13-30)55(5)6/h9,18-22,29-32H,7-8,10-17,23-25H2,1-6H3,(H7-,46,47,48,49,50,51,53,58,59,60,61)/p+1. The summed E-state index contributed by atoms with van der Waals surface area (Å²) >= 11 is 6.00. The number of hydrogen-bond acceptors (Lipinski definition) is 11. The molecule has 6 rings (SSSR count). The second-order valence-electron chi connectivity index (χ2n) is 16.7. The lowest BCUT2D eigenvalue weighted by Crippen LogP contribution is -2.42. The van der Waals surface area contributed by atoms with Crippen molar-refractivity contribution in [1.29, 1.82) is 0 Å². The van der Waals surface area contributed by atoms with Gasteiger partial charge in [0.1, 0.15) is 12.3 Å². The Labute approximate surface area is 368 Å². The van der Waals surface area contributed by atoms with Crippen LogP contribution >= 0.6 is 11.6 Å². The zero-order valence-corrected chi connectivity index (χ0v) is 37.5. The summed E-state index contributed by atoms with van der Waals surface area (Å²) in [6.07, 6.45) is 7.46. The SMILES string of the molecule is CCn1c(CNC(=O)c2nc(Cl)c(N)nc2N)[n+](CC)c2ccc(CNC(=O)COc3cc(C(=O)NC4CCC(N(C)C)CC4)cc(C(=O)NC4CCC(N(C)C)CC4)c3)cc21. The first-order valence-corrected chi connectivity index (χ1v) is 21.9. The molecule has 8 N–H and O–H groups in total. The number of anilines is 2. The van der Waals surface area contributed by atoms with E-state index in [0.717, 1.165) is 73.8 Å². The summed E-state index contributed by atoms with van der Waals surface area (Å²) in [7, 11) is 8.33. The molecule has 334 valence electrons. The molecule has 18 heteroatoms. The van der Waals surface area contributed by atoms with Gasteiger partial charge in [0.05, 0.1) is 13.1 Å². The van der Waals surface area contributed by atoms with Gasteiger partial charge in [-0.05, 0) is 129 Å². The monoisotopic (exact) mass is 873 g/mol. The minimum atomic E-state index is -0.539. The number of amides is 4. The maximum absolute atomic E-state index is 13.7. The molecule has 0 bridgehead atoms. The molecule has 0 saturated heterocycles. The molecule has 2 aromatic carbocycles. The molecule has 2 fully saturated rings. The van der Waals surface area contributed by atoms with Crippen LogP contribution in [0.1, 0.15) is 108 Å². The number of rotatable bonds is 16. The Balaban J connectivity index is 1.11. The van der Waals surface area contributed by atoms with Crippen LogP contribution in [-0.4, -0.2) is 107 Å². The number of nitrogens with zero attached hydrogens (tertiary/aromatic N) is 6. The van der Waals surface area contributed by atoms with E-state index in [0.29, 0.717) is 36.3 Å². The molecule has 2 heterocycles. The topological polar surface area (TPSA) is 219 Å². The number of ether oxygens (including phenoxy) is 1. The molecular weight excluding hydrogens is 812 g/mol. The van der Waals surface area contributed by atoms with Gasteiger partial charge in [-0.25, -0.2) is 19.1 Å². The predicted octanol–water partition coefficient (Wildman–Crippen LogP) is 3.41. The largest absolute Gasteiger partial charge is 0.484 e. The third-order valence-corrected chi connectivity index (χ3v) is 12.5. The number of carbonyl (C=O) groups excluding carboxylic acids is 4. The fraction of sp³-hybridized carbons (Fsp3) is 0.523. The Morgan fingerprint density at radius 1 is 0.774 bits per heavy atom. The average Bonchev–Trinajstić information content (AvgIpc) is 3.57. The maximum atomic E-state index is 13.7. The minimum absolute atomic E-state index is 0.0350. The normalized spacial score (nSPS) is 19.0. The molecule has 0 aliphatic heterocycles. The lowest BCUT2D eigenvalue weighted by atomic mass is 9.90. The van der Waals surface area contributed by atoms with Crippen molar-refractivity contribution in [3.05, 3.63) is 69.8 Å². The maximum Gasteiger partial charge on any atom is 0.277 e. The van der Waals surface area contributed by atoms with Crippen LogP contribution in [0.5, 0.6) is 5.75 Å². The van der Waals surface area contributed by atoms with Gasteiger partial charge in [0.25, 0.3) is 29.5 Å². The second-order valence-corrected chi connectivity index (χ2v) is 17.1. The number of nitrogens with two attached hydrogens (primary N) is 2. The summed E-state index contributed by atoms with van der Waals surface area (Å²) in [4.78, 5) is 66.0. The van der Waals surface area contributed by atoms with Gasteiger partial charge in [-0.15, -0.1) is 0 Å². The van der Waals surface area contributed by atoms with E-state index in [1.165, 1.54) is 0 Å². The van der Waals surface area contributed by atoms with Gasteiger partial charge in [-0.1, -0.05) is 17.7 Å². The molecule has 2 aromatic heterocycles. The number of benzene rings is 2. The number of carbonyl (C=O) groups is 4. The number of fused-ring (bicyclic) bond motifs is 1. The van der Waals surface area contributed by atoms with Gasteiger partial charge in [0.15, 0.2) is 40.1 Å². The average molecular weight is 875 g/mol. The second kappa shape index (κ2) is 20.6. The van der Waals surface area contributed by atoms with Crippen molar-refractivity contribution in [2.45, 2.75) is 116 Å². The number of halogens is 1. The Morgan fingerprint density at radius 2 is 1.35 bits per heavy atom. The van der Waals surface area contributed by atoms with Crippen molar-refractivity contribution >= 4 is 57.9 Å². The van der Waals surface area contributed by atoms with Crippen LogP contribution in [0.2, 0.25) is 5.15 Å².